The third kappa shape index (κ3) is 2.84. The first-order valence-corrected chi connectivity index (χ1v) is 8.92. The van der Waals surface area contributed by atoms with Crippen LogP contribution in [0.1, 0.15) is 31.2 Å². The Hall–Kier alpha value is -1.58. The van der Waals surface area contributed by atoms with Crippen LogP contribution in [0.25, 0.3) is 10.8 Å². The van der Waals surface area contributed by atoms with Gasteiger partial charge < -0.3 is 15.4 Å². The molecular formula is C20H26N2O. The quantitative estimate of drug-likeness (QED) is 0.945. The highest BCUT2D eigenvalue weighted by Gasteiger charge is 2.39. The standard InChI is InChI=1S/C20H26N2O/c21-12-3-13-22-14-10-20(11-15-22)9-8-18-17-5-2-1-4-16(17)6-7-19(18)23-20/h1-2,4-7H,3,8-15,21H2. The highest BCUT2D eigenvalue weighted by Crippen LogP contribution is 2.41. The highest BCUT2D eigenvalue weighted by atomic mass is 16.5. The average Bonchev–Trinajstić information content (AvgIpc) is 2.61. The number of benzene rings is 2. The van der Waals surface area contributed by atoms with Gasteiger partial charge in [0, 0.05) is 18.7 Å². The zero-order valence-corrected chi connectivity index (χ0v) is 13.8. The van der Waals surface area contributed by atoms with Gasteiger partial charge in [0.15, 0.2) is 0 Å². The molecule has 0 unspecified atom stereocenters. The maximum Gasteiger partial charge on any atom is 0.123 e. The molecular weight excluding hydrogens is 284 g/mol. The fourth-order valence-electron chi connectivity index (χ4n) is 4.16. The SMILES string of the molecule is NCCCN1CCC2(CCc3c(ccc4ccccc34)O2)CC1. The minimum absolute atomic E-state index is 0.0642. The van der Waals surface area contributed by atoms with Crippen molar-refractivity contribution < 1.29 is 4.74 Å². The van der Waals surface area contributed by atoms with E-state index in [9.17, 15) is 0 Å². The summed E-state index contributed by atoms with van der Waals surface area (Å²) in [7, 11) is 0. The van der Waals surface area contributed by atoms with Crippen LogP contribution in [0.2, 0.25) is 0 Å². The molecule has 0 aromatic heterocycles. The summed E-state index contributed by atoms with van der Waals surface area (Å²) in [5.41, 5.74) is 7.10. The van der Waals surface area contributed by atoms with E-state index in [-0.39, 0.29) is 5.60 Å². The normalized spacial score (nSPS) is 20.4. The lowest BCUT2D eigenvalue weighted by Gasteiger charge is -2.45. The van der Waals surface area contributed by atoms with E-state index in [0.29, 0.717) is 0 Å². The Morgan fingerprint density at radius 1 is 1.04 bits per heavy atom. The van der Waals surface area contributed by atoms with E-state index in [1.165, 1.54) is 16.3 Å². The number of nitrogens with zero attached hydrogens (tertiary/aromatic N) is 1. The molecule has 2 aromatic carbocycles. The van der Waals surface area contributed by atoms with Crippen LogP contribution in [0.15, 0.2) is 36.4 Å². The van der Waals surface area contributed by atoms with Gasteiger partial charge in [-0.2, -0.15) is 0 Å². The molecule has 122 valence electrons. The Kier molecular flexibility index (Phi) is 4.00. The van der Waals surface area contributed by atoms with Gasteiger partial charge in [-0.15, -0.1) is 0 Å². The summed E-state index contributed by atoms with van der Waals surface area (Å²) < 4.78 is 6.57. The van der Waals surface area contributed by atoms with E-state index in [1.807, 2.05) is 0 Å². The molecule has 4 rings (SSSR count). The molecule has 23 heavy (non-hydrogen) atoms. The first-order valence-electron chi connectivity index (χ1n) is 8.92. The van der Waals surface area contributed by atoms with Crippen molar-refractivity contribution in [2.75, 3.05) is 26.2 Å². The number of hydrogen-bond acceptors (Lipinski definition) is 3. The van der Waals surface area contributed by atoms with Gasteiger partial charge in [-0.05, 0) is 62.0 Å². The number of likely N-dealkylation sites (tertiary alicyclic amines) is 1. The van der Waals surface area contributed by atoms with Crippen molar-refractivity contribution in [1.29, 1.82) is 0 Å². The summed E-state index contributed by atoms with van der Waals surface area (Å²) in [5, 5.41) is 2.68. The molecule has 0 bridgehead atoms. The molecule has 0 atom stereocenters. The number of hydrogen-bond donors (Lipinski definition) is 1. The summed E-state index contributed by atoms with van der Waals surface area (Å²) >= 11 is 0. The van der Waals surface area contributed by atoms with Gasteiger partial charge in [0.25, 0.3) is 0 Å². The summed E-state index contributed by atoms with van der Waals surface area (Å²) in [5.74, 6) is 1.12. The maximum absolute atomic E-state index is 6.57. The first kappa shape index (κ1) is 15.0. The van der Waals surface area contributed by atoms with Crippen molar-refractivity contribution in [3.8, 4) is 5.75 Å². The van der Waals surface area contributed by atoms with Crippen LogP contribution in [0.3, 0.4) is 0 Å². The lowest BCUT2D eigenvalue weighted by Crippen LogP contribution is -2.50. The highest BCUT2D eigenvalue weighted by molar-refractivity contribution is 5.88. The monoisotopic (exact) mass is 310 g/mol. The smallest absolute Gasteiger partial charge is 0.123 e. The van der Waals surface area contributed by atoms with Crippen LogP contribution >= 0.6 is 0 Å². The molecule has 2 aliphatic heterocycles. The zero-order valence-electron chi connectivity index (χ0n) is 13.8. The van der Waals surface area contributed by atoms with Crippen LogP contribution in [0, 0.1) is 0 Å². The zero-order chi connectivity index (χ0) is 15.7. The van der Waals surface area contributed by atoms with Crippen LogP contribution in [-0.4, -0.2) is 36.7 Å². The minimum atomic E-state index is 0.0642. The van der Waals surface area contributed by atoms with Crippen molar-refractivity contribution in [3.05, 3.63) is 42.0 Å². The second-order valence-corrected chi connectivity index (χ2v) is 7.03. The van der Waals surface area contributed by atoms with E-state index >= 15 is 0 Å². The van der Waals surface area contributed by atoms with Gasteiger partial charge in [-0.1, -0.05) is 30.3 Å². The van der Waals surface area contributed by atoms with Crippen molar-refractivity contribution in [2.45, 2.75) is 37.7 Å². The van der Waals surface area contributed by atoms with Gasteiger partial charge >= 0.3 is 0 Å². The summed E-state index contributed by atoms with van der Waals surface area (Å²) in [6.07, 6.45) is 5.68. The minimum Gasteiger partial charge on any atom is -0.487 e. The predicted octanol–water partition coefficient (Wildman–Crippen LogP) is 3.35. The predicted molar refractivity (Wildman–Crippen MR) is 95.0 cm³/mol. The molecule has 1 saturated heterocycles. The summed E-state index contributed by atoms with van der Waals surface area (Å²) in [4.78, 5) is 2.54. The van der Waals surface area contributed by atoms with Gasteiger partial charge in [0.2, 0.25) is 0 Å². The molecule has 3 nitrogen and oxygen atoms in total. The Morgan fingerprint density at radius 3 is 2.70 bits per heavy atom. The molecule has 2 aliphatic rings. The molecule has 0 saturated carbocycles. The Morgan fingerprint density at radius 2 is 1.87 bits per heavy atom. The van der Waals surface area contributed by atoms with Crippen LogP contribution in [0.5, 0.6) is 5.75 Å². The number of fused-ring (bicyclic) bond motifs is 3. The van der Waals surface area contributed by atoms with E-state index < -0.39 is 0 Å². The molecule has 0 amide bonds. The van der Waals surface area contributed by atoms with Crippen LogP contribution in [-0.2, 0) is 6.42 Å². The third-order valence-corrected chi connectivity index (χ3v) is 5.60. The van der Waals surface area contributed by atoms with E-state index in [1.54, 1.807) is 0 Å². The average molecular weight is 310 g/mol. The van der Waals surface area contributed by atoms with E-state index in [2.05, 4.69) is 41.3 Å². The van der Waals surface area contributed by atoms with Crippen molar-refractivity contribution in [1.82, 2.24) is 4.90 Å². The lowest BCUT2D eigenvalue weighted by atomic mass is 9.82. The van der Waals surface area contributed by atoms with Crippen LogP contribution < -0.4 is 10.5 Å². The van der Waals surface area contributed by atoms with Crippen LogP contribution in [0.4, 0.5) is 0 Å². The van der Waals surface area contributed by atoms with Gasteiger partial charge in [0.1, 0.15) is 11.4 Å². The van der Waals surface area contributed by atoms with Gasteiger partial charge in [-0.3, -0.25) is 0 Å². The molecule has 1 spiro atoms. The second kappa shape index (κ2) is 6.14. The fourth-order valence-corrected chi connectivity index (χ4v) is 4.16. The molecule has 3 heteroatoms. The molecule has 0 aliphatic carbocycles. The topological polar surface area (TPSA) is 38.5 Å². The van der Waals surface area contributed by atoms with Crippen molar-refractivity contribution >= 4 is 10.8 Å². The number of aryl methyl sites for hydroxylation is 1. The fraction of sp³-hybridized carbons (Fsp3) is 0.500. The number of piperidine rings is 1. The summed E-state index contributed by atoms with van der Waals surface area (Å²) in [6, 6.07) is 13.0. The lowest BCUT2D eigenvalue weighted by molar-refractivity contribution is -0.0141. The van der Waals surface area contributed by atoms with E-state index in [4.69, 9.17) is 10.5 Å². The first-order chi connectivity index (χ1) is 11.3. The molecule has 0 radical (unpaired) electrons. The van der Waals surface area contributed by atoms with Crippen molar-refractivity contribution in [2.24, 2.45) is 5.73 Å². The third-order valence-electron chi connectivity index (χ3n) is 5.60. The Balaban J connectivity index is 1.52. The molecule has 2 heterocycles. The Labute approximate surface area is 138 Å². The number of ether oxygens (including phenoxy) is 1. The van der Waals surface area contributed by atoms with Gasteiger partial charge in [0.05, 0.1) is 0 Å². The molecule has 2 N–H and O–H groups in total. The van der Waals surface area contributed by atoms with Crippen molar-refractivity contribution in [3.63, 3.8) is 0 Å². The molecule has 2 aromatic rings. The largest absolute Gasteiger partial charge is 0.487 e. The maximum atomic E-state index is 6.57. The number of nitrogens with two attached hydrogens (primary N) is 1. The number of rotatable bonds is 3. The summed E-state index contributed by atoms with van der Waals surface area (Å²) in [6.45, 7) is 4.21. The van der Waals surface area contributed by atoms with E-state index in [0.717, 1.165) is 64.0 Å². The second-order valence-electron chi connectivity index (χ2n) is 7.03. The van der Waals surface area contributed by atoms with Gasteiger partial charge in [-0.25, -0.2) is 0 Å². The Bertz CT molecular complexity index is 689. The molecule has 1 fully saturated rings.